The van der Waals surface area contributed by atoms with Crippen LogP contribution in [-0.4, -0.2) is 14.6 Å². The van der Waals surface area contributed by atoms with E-state index in [1.165, 1.54) is 6.20 Å². The van der Waals surface area contributed by atoms with Crippen LogP contribution in [0.25, 0.3) is 5.65 Å². The van der Waals surface area contributed by atoms with Crippen LogP contribution in [0.2, 0.25) is 0 Å². The lowest BCUT2D eigenvalue weighted by Crippen LogP contribution is -1.87. The minimum absolute atomic E-state index is 0.505. The van der Waals surface area contributed by atoms with Crippen molar-refractivity contribution in [3.8, 4) is 17.6 Å². The Balaban J connectivity index is 0.000000143. The molecule has 0 amide bonds. The quantitative estimate of drug-likeness (QED) is 0.559. The van der Waals surface area contributed by atoms with Crippen LogP contribution >= 0.6 is 0 Å². The maximum Gasteiger partial charge on any atom is 0.172 e. The van der Waals surface area contributed by atoms with Gasteiger partial charge >= 0.3 is 0 Å². The summed E-state index contributed by atoms with van der Waals surface area (Å²) in [6.07, 6.45) is 4.89. The summed E-state index contributed by atoms with van der Waals surface area (Å²) in [7, 11) is 0. The zero-order valence-corrected chi connectivity index (χ0v) is 12.8. The van der Waals surface area contributed by atoms with E-state index >= 15 is 0 Å². The Hall–Kier alpha value is -3.65. The molecule has 0 saturated carbocycles. The highest BCUT2D eigenvalue weighted by atomic mass is 16.5. The lowest BCUT2D eigenvalue weighted by Gasteiger charge is -2.03. The van der Waals surface area contributed by atoms with Crippen LogP contribution < -0.4 is 4.74 Å². The zero-order chi connectivity index (χ0) is 16.6. The van der Waals surface area contributed by atoms with Crippen LogP contribution in [0.4, 0.5) is 0 Å². The fraction of sp³-hybridized carbons (Fsp3) is 0. The molecule has 0 aliphatic rings. The van der Waals surface area contributed by atoms with Gasteiger partial charge in [0.1, 0.15) is 23.1 Å². The van der Waals surface area contributed by atoms with E-state index in [0.717, 1.165) is 11.5 Å². The number of para-hydroxylation sites is 2. The molecule has 4 rings (SSSR count). The molecule has 0 bridgehead atoms. The van der Waals surface area contributed by atoms with Crippen molar-refractivity contribution in [2.24, 2.45) is 0 Å². The third-order valence-electron chi connectivity index (χ3n) is 3.12. The normalized spacial score (nSPS) is 9.62. The Morgan fingerprint density at radius 3 is 2.08 bits per heavy atom. The van der Waals surface area contributed by atoms with Crippen LogP contribution in [-0.2, 0) is 0 Å². The second-order valence-electron chi connectivity index (χ2n) is 4.79. The SMILES string of the molecule is N#Cc1cnn2cccnc12.c1ccc(Oc2ccccc2)cc1. The van der Waals surface area contributed by atoms with E-state index in [0.29, 0.717) is 11.2 Å². The molecular formula is C19H14N4O. The first-order valence-electron chi connectivity index (χ1n) is 7.33. The number of hydrogen-bond donors (Lipinski definition) is 0. The predicted octanol–water partition coefficient (Wildman–Crippen LogP) is 4.08. The molecule has 0 spiro atoms. The van der Waals surface area contributed by atoms with Crippen molar-refractivity contribution < 1.29 is 4.74 Å². The van der Waals surface area contributed by atoms with E-state index in [-0.39, 0.29) is 0 Å². The molecule has 0 fully saturated rings. The molecule has 0 aliphatic heterocycles. The molecule has 4 aromatic rings. The average molecular weight is 314 g/mol. The van der Waals surface area contributed by atoms with Gasteiger partial charge in [-0.1, -0.05) is 36.4 Å². The van der Waals surface area contributed by atoms with Crippen molar-refractivity contribution in [1.29, 1.82) is 5.26 Å². The van der Waals surface area contributed by atoms with Crippen LogP contribution in [0.3, 0.4) is 0 Å². The largest absolute Gasteiger partial charge is 0.457 e. The third kappa shape index (κ3) is 3.76. The van der Waals surface area contributed by atoms with Crippen molar-refractivity contribution >= 4 is 5.65 Å². The molecule has 0 saturated heterocycles. The summed E-state index contributed by atoms with van der Waals surface area (Å²) in [5.41, 5.74) is 1.11. The van der Waals surface area contributed by atoms with Crippen molar-refractivity contribution in [3.63, 3.8) is 0 Å². The second kappa shape index (κ2) is 7.56. The molecule has 5 heteroatoms. The Kier molecular flexibility index (Phi) is 4.81. The molecule has 2 aromatic heterocycles. The summed E-state index contributed by atoms with van der Waals surface area (Å²) >= 11 is 0. The Labute approximate surface area is 139 Å². The van der Waals surface area contributed by atoms with E-state index in [1.807, 2.05) is 66.7 Å². The van der Waals surface area contributed by atoms with Crippen molar-refractivity contribution in [3.05, 3.63) is 90.9 Å². The Bertz CT molecular complexity index is 906. The molecule has 0 N–H and O–H groups in total. The third-order valence-corrected chi connectivity index (χ3v) is 3.12. The average Bonchev–Trinajstić information content (AvgIpc) is 3.07. The molecule has 0 unspecified atom stereocenters. The highest BCUT2D eigenvalue weighted by Gasteiger charge is 2.00. The maximum absolute atomic E-state index is 8.58. The molecule has 5 nitrogen and oxygen atoms in total. The van der Waals surface area contributed by atoms with Gasteiger partial charge in [-0.25, -0.2) is 9.50 Å². The summed E-state index contributed by atoms with van der Waals surface area (Å²) in [6, 6.07) is 23.3. The van der Waals surface area contributed by atoms with Crippen LogP contribution in [0, 0.1) is 11.3 Å². The number of ether oxygens (including phenoxy) is 1. The van der Waals surface area contributed by atoms with Gasteiger partial charge in [0.05, 0.1) is 6.20 Å². The van der Waals surface area contributed by atoms with E-state index in [9.17, 15) is 0 Å². The standard InChI is InChI=1S/C12H10O.C7H4N4/c1-3-7-11(8-4-1)13-12-9-5-2-6-10-12;8-4-6-5-10-11-3-1-2-9-7(6)11/h1-10H;1-3,5H. The lowest BCUT2D eigenvalue weighted by atomic mass is 10.3. The summed E-state index contributed by atoms with van der Waals surface area (Å²) < 4.78 is 7.15. The van der Waals surface area contributed by atoms with E-state index in [1.54, 1.807) is 23.0 Å². The summed E-state index contributed by atoms with van der Waals surface area (Å²) in [5.74, 6) is 1.74. The van der Waals surface area contributed by atoms with Gasteiger partial charge < -0.3 is 4.74 Å². The van der Waals surface area contributed by atoms with Gasteiger partial charge in [-0.2, -0.15) is 10.4 Å². The van der Waals surface area contributed by atoms with Gasteiger partial charge in [0, 0.05) is 12.4 Å². The molecule has 24 heavy (non-hydrogen) atoms. The zero-order valence-electron chi connectivity index (χ0n) is 12.8. The van der Waals surface area contributed by atoms with E-state index < -0.39 is 0 Å². The Morgan fingerprint density at radius 1 is 0.875 bits per heavy atom. The molecule has 0 aliphatic carbocycles. The number of aromatic nitrogens is 3. The summed E-state index contributed by atoms with van der Waals surface area (Å²) in [5, 5.41) is 12.5. The van der Waals surface area contributed by atoms with E-state index in [2.05, 4.69) is 10.1 Å². The topological polar surface area (TPSA) is 63.2 Å². The van der Waals surface area contributed by atoms with Crippen LogP contribution in [0.15, 0.2) is 85.3 Å². The van der Waals surface area contributed by atoms with Gasteiger partial charge in [0.25, 0.3) is 0 Å². The second-order valence-corrected chi connectivity index (χ2v) is 4.79. The van der Waals surface area contributed by atoms with Crippen molar-refractivity contribution in [2.45, 2.75) is 0 Å². The summed E-state index contributed by atoms with van der Waals surface area (Å²) in [4.78, 5) is 3.99. The van der Waals surface area contributed by atoms with Gasteiger partial charge in [-0.15, -0.1) is 0 Å². The molecule has 0 radical (unpaired) electrons. The minimum atomic E-state index is 0.505. The van der Waals surface area contributed by atoms with Gasteiger partial charge in [-0.05, 0) is 30.3 Å². The Morgan fingerprint density at radius 2 is 1.50 bits per heavy atom. The maximum atomic E-state index is 8.58. The van der Waals surface area contributed by atoms with Crippen LogP contribution in [0.1, 0.15) is 5.56 Å². The highest BCUT2D eigenvalue weighted by molar-refractivity contribution is 5.52. The molecule has 2 heterocycles. The molecule has 2 aromatic carbocycles. The predicted molar refractivity (Wildman–Crippen MR) is 90.7 cm³/mol. The first-order valence-corrected chi connectivity index (χ1v) is 7.33. The highest BCUT2D eigenvalue weighted by Crippen LogP contribution is 2.19. The molecule has 116 valence electrons. The van der Waals surface area contributed by atoms with Crippen molar-refractivity contribution in [2.75, 3.05) is 0 Å². The van der Waals surface area contributed by atoms with Gasteiger partial charge in [0.15, 0.2) is 5.65 Å². The number of rotatable bonds is 2. The first kappa shape index (κ1) is 15.3. The summed E-state index contributed by atoms with van der Waals surface area (Å²) in [6.45, 7) is 0. The van der Waals surface area contributed by atoms with Crippen molar-refractivity contribution in [1.82, 2.24) is 14.6 Å². The lowest BCUT2D eigenvalue weighted by molar-refractivity contribution is 0.482. The number of fused-ring (bicyclic) bond motifs is 1. The number of nitrogens with zero attached hydrogens (tertiary/aromatic N) is 4. The first-order chi connectivity index (χ1) is 11.9. The van der Waals surface area contributed by atoms with E-state index in [4.69, 9.17) is 10.00 Å². The number of benzene rings is 2. The number of hydrogen-bond acceptors (Lipinski definition) is 4. The monoisotopic (exact) mass is 314 g/mol. The van der Waals surface area contributed by atoms with Crippen LogP contribution in [0.5, 0.6) is 11.5 Å². The van der Waals surface area contributed by atoms with Gasteiger partial charge in [0.2, 0.25) is 0 Å². The molecule has 0 atom stereocenters. The fourth-order valence-electron chi connectivity index (χ4n) is 2.02. The number of nitriles is 1. The smallest absolute Gasteiger partial charge is 0.172 e. The van der Waals surface area contributed by atoms with Gasteiger partial charge in [-0.3, -0.25) is 0 Å². The fourth-order valence-corrected chi connectivity index (χ4v) is 2.02. The minimum Gasteiger partial charge on any atom is -0.457 e. The molecular weight excluding hydrogens is 300 g/mol.